The van der Waals surface area contributed by atoms with Gasteiger partial charge in [0.1, 0.15) is 0 Å². The Morgan fingerprint density at radius 3 is 2.56 bits per heavy atom. The Morgan fingerprint density at radius 1 is 1.20 bits per heavy atom. The summed E-state index contributed by atoms with van der Waals surface area (Å²) in [5.41, 5.74) is 6.68. The minimum Gasteiger partial charge on any atom is -0.369 e. The number of hydrogen-bond acceptors (Lipinski definition) is 5. The van der Waals surface area contributed by atoms with Crippen LogP contribution in [0, 0.1) is 0 Å². The highest BCUT2D eigenvalue weighted by Gasteiger charge is 2.26. The molecule has 3 heterocycles. The number of rotatable bonds is 5. The van der Waals surface area contributed by atoms with E-state index in [4.69, 9.17) is 5.73 Å². The van der Waals surface area contributed by atoms with Crippen molar-refractivity contribution in [3.05, 3.63) is 41.9 Å². The van der Waals surface area contributed by atoms with Crippen molar-refractivity contribution in [2.45, 2.75) is 13.3 Å². The van der Waals surface area contributed by atoms with E-state index in [9.17, 15) is 9.59 Å². The normalized spacial score (nSPS) is 15.3. The van der Waals surface area contributed by atoms with Crippen molar-refractivity contribution in [2.24, 2.45) is 5.73 Å². The molecule has 8 nitrogen and oxygen atoms in total. The fourth-order valence-corrected chi connectivity index (χ4v) is 3.07. The van der Waals surface area contributed by atoms with Crippen LogP contribution in [0.2, 0.25) is 0 Å². The first-order valence-electron chi connectivity index (χ1n) is 8.38. The fraction of sp³-hybridized carbons (Fsp3) is 0.412. The van der Waals surface area contributed by atoms with Gasteiger partial charge in [0, 0.05) is 32.4 Å². The Bertz CT molecular complexity index is 750. The Hall–Kier alpha value is -2.74. The minimum absolute atomic E-state index is 0.0299. The molecule has 0 atom stereocenters. The summed E-state index contributed by atoms with van der Waals surface area (Å²) in [5, 5.41) is 4.36. The summed E-state index contributed by atoms with van der Waals surface area (Å²) in [5.74, 6) is 0.326. The number of carbonyl (C=O) groups is 2. The van der Waals surface area contributed by atoms with Crippen LogP contribution >= 0.6 is 0 Å². The second-order valence-corrected chi connectivity index (χ2v) is 5.99. The number of amides is 2. The van der Waals surface area contributed by atoms with Crippen LogP contribution in [0.1, 0.15) is 23.0 Å². The maximum atomic E-state index is 12.9. The average molecular weight is 342 g/mol. The molecule has 3 rings (SSSR count). The van der Waals surface area contributed by atoms with Crippen LogP contribution in [-0.2, 0) is 11.2 Å². The third-order valence-corrected chi connectivity index (χ3v) is 4.34. The molecule has 1 aliphatic heterocycles. The molecule has 2 N–H and O–H groups in total. The van der Waals surface area contributed by atoms with Crippen molar-refractivity contribution in [1.82, 2.24) is 24.6 Å². The van der Waals surface area contributed by atoms with Crippen LogP contribution in [0.5, 0.6) is 0 Å². The van der Waals surface area contributed by atoms with E-state index < -0.39 is 0 Å². The largest absolute Gasteiger partial charge is 0.369 e. The molecule has 0 aromatic carbocycles. The summed E-state index contributed by atoms with van der Waals surface area (Å²) in [6.45, 7) is 4.67. The van der Waals surface area contributed by atoms with Gasteiger partial charge < -0.3 is 10.6 Å². The molecular formula is C17H22N6O2. The second kappa shape index (κ2) is 7.43. The van der Waals surface area contributed by atoms with Gasteiger partial charge in [-0.05, 0) is 18.6 Å². The molecule has 2 aromatic rings. The van der Waals surface area contributed by atoms with Crippen LogP contribution in [0.4, 0.5) is 0 Å². The van der Waals surface area contributed by atoms with Gasteiger partial charge in [0.15, 0.2) is 5.82 Å². The summed E-state index contributed by atoms with van der Waals surface area (Å²) in [4.78, 5) is 32.0. The molecule has 132 valence electrons. The maximum Gasteiger partial charge on any atom is 0.257 e. The number of nitrogens with two attached hydrogens (primary N) is 1. The Morgan fingerprint density at radius 2 is 1.96 bits per heavy atom. The van der Waals surface area contributed by atoms with Crippen molar-refractivity contribution >= 4 is 11.8 Å². The highest BCUT2D eigenvalue weighted by Crippen LogP contribution is 2.17. The van der Waals surface area contributed by atoms with E-state index in [-0.39, 0.29) is 18.4 Å². The first-order valence-corrected chi connectivity index (χ1v) is 8.38. The zero-order chi connectivity index (χ0) is 17.8. The number of nitrogens with zero attached hydrogens (tertiary/aromatic N) is 5. The van der Waals surface area contributed by atoms with Crippen LogP contribution in [0.3, 0.4) is 0 Å². The Balaban J connectivity index is 1.75. The van der Waals surface area contributed by atoms with Gasteiger partial charge >= 0.3 is 0 Å². The van der Waals surface area contributed by atoms with E-state index in [1.807, 2.05) is 30.0 Å². The van der Waals surface area contributed by atoms with Crippen molar-refractivity contribution in [1.29, 1.82) is 0 Å². The smallest absolute Gasteiger partial charge is 0.257 e. The molecule has 1 fully saturated rings. The SMILES string of the molecule is CCc1c(C(=O)N2CCN(CC(N)=O)CC2)cnn1-c1ccccn1. The average Bonchev–Trinajstić information content (AvgIpc) is 3.06. The van der Waals surface area contributed by atoms with Crippen LogP contribution in [0.15, 0.2) is 30.6 Å². The lowest BCUT2D eigenvalue weighted by Gasteiger charge is -2.34. The van der Waals surface area contributed by atoms with E-state index in [1.165, 1.54) is 0 Å². The van der Waals surface area contributed by atoms with Gasteiger partial charge in [-0.1, -0.05) is 13.0 Å². The van der Waals surface area contributed by atoms with Crippen molar-refractivity contribution in [2.75, 3.05) is 32.7 Å². The lowest BCUT2D eigenvalue weighted by molar-refractivity contribution is -0.119. The molecular weight excluding hydrogens is 320 g/mol. The first kappa shape index (κ1) is 17.1. The molecule has 2 aromatic heterocycles. The molecule has 0 bridgehead atoms. The number of carbonyl (C=O) groups excluding carboxylic acids is 2. The van der Waals surface area contributed by atoms with Gasteiger partial charge in [-0.3, -0.25) is 14.5 Å². The van der Waals surface area contributed by atoms with Crippen LogP contribution in [-0.4, -0.2) is 69.1 Å². The quantitative estimate of drug-likeness (QED) is 0.829. The summed E-state index contributed by atoms with van der Waals surface area (Å²) in [6.07, 6.45) is 4.00. The first-order chi connectivity index (χ1) is 12.1. The summed E-state index contributed by atoms with van der Waals surface area (Å²) >= 11 is 0. The molecule has 0 radical (unpaired) electrons. The third kappa shape index (κ3) is 3.69. The van der Waals surface area contributed by atoms with Crippen LogP contribution in [0.25, 0.3) is 5.82 Å². The minimum atomic E-state index is -0.343. The molecule has 2 amide bonds. The van der Waals surface area contributed by atoms with Gasteiger partial charge in [-0.2, -0.15) is 5.10 Å². The summed E-state index contributed by atoms with van der Waals surface area (Å²) in [6, 6.07) is 5.60. The lowest BCUT2D eigenvalue weighted by Crippen LogP contribution is -2.50. The number of aromatic nitrogens is 3. The lowest BCUT2D eigenvalue weighted by atomic mass is 10.1. The van der Waals surface area contributed by atoms with Crippen molar-refractivity contribution < 1.29 is 9.59 Å². The van der Waals surface area contributed by atoms with Gasteiger partial charge in [0.2, 0.25) is 5.91 Å². The molecule has 25 heavy (non-hydrogen) atoms. The molecule has 1 aliphatic rings. The zero-order valence-corrected chi connectivity index (χ0v) is 14.3. The van der Waals surface area contributed by atoms with Gasteiger partial charge in [-0.15, -0.1) is 0 Å². The number of piperazine rings is 1. The van der Waals surface area contributed by atoms with E-state index >= 15 is 0 Å². The summed E-state index contributed by atoms with van der Waals surface area (Å²) < 4.78 is 1.72. The molecule has 0 spiro atoms. The monoisotopic (exact) mass is 342 g/mol. The summed E-state index contributed by atoms with van der Waals surface area (Å²) in [7, 11) is 0. The Kier molecular flexibility index (Phi) is 5.08. The number of primary amides is 1. The van der Waals surface area contributed by atoms with E-state index in [1.54, 1.807) is 22.0 Å². The number of hydrogen-bond donors (Lipinski definition) is 1. The highest BCUT2D eigenvalue weighted by molar-refractivity contribution is 5.95. The third-order valence-electron chi connectivity index (χ3n) is 4.34. The maximum absolute atomic E-state index is 12.9. The van der Waals surface area contributed by atoms with Gasteiger partial charge in [0.25, 0.3) is 5.91 Å². The van der Waals surface area contributed by atoms with Crippen LogP contribution < -0.4 is 5.73 Å². The standard InChI is InChI=1S/C17H22N6O2/c1-2-14-13(11-20-23(14)16-5-3-4-6-19-16)17(25)22-9-7-21(8-10-22)12-15(18)24/h3-6,11H,2,7-10,12H2,1H3,(H2,18,24). The zero-order valence-electron chi connectivity index (χ0n) is 14.3. The topological polar surface area (TPSA) is 97.4 Å². The van der Waals surface area contributed by atoms with Crippen molar-refractivity contribution in [3.63, 3.8) is 0 Å². The molecule has 8 heteroatoms. The van der Waals surface area contributed by atoms with E-state index in [0.717, 1.165) is 5.69 Å². The van der Waals surface area contributed by atoms with E-state index in [0.29, 0.717) is 44.0 Å². The van der Waals surface area contributed by atoms with Gasteiger partial charge in [-0.25, -0.2) is 9.67 Å². The van der Waals surface area contributed by atoms with Gasteiger partial charge in [0.05, 0.1) is 24.0 Å². The predicted molar refractivity (Wildman–Crippen MR) is 92.3 cm³/mol. The van der Waals surface area contributed by atoms with E-state index in [2.05, 4.69) is 10.1 Å². The Labute approximate surface area is 146 Å². The molecule has 1 saturated heterocycles. The predicted octanol–water partition coefficient (Wildman–Crippen LogP) is 0.0728. The number of pyridine rings is 1. The molecule has 0 unspecified atom stereocenters. The fourth-order valence-electron chi connectivity index (χ4n) is 3.07. The van der Waals surface area contributed by atoms with Crippen molar-refractivity contribution in [3.8, 4) is 5.82 Å². The second-order valence-electron chi connectivity index (χ2n) is 5.99. The molecule has 0 aliphatic carbocycles. The highest BCUT2D eigenvalue weighted by atomic mass is 16.2. The molecule has 0 saturated carbocycles.